The first-order valence-electron chi connectivity index (χ1n) is 8.06. The zero-order valence-electron chi connectivity index (χ0n) is 13.4. The molecule has 0 bridgehead atoms. The summed E-state index contributed by atoms with van der Waals surface area (Å²) in [6.07, 6.45) is 1.63. The highest BCUT2D eigenvalue weighted by molar-refractivity contribution is 5.89. The van der Waals surface area contributed by atoms with Crippen molar-refractivity contribution >= 4 is 16.7 Å². The van der Waals surface area contributed by atoms with E-state index in [0.717, 1.165) is 22.3 Å². The second-order valence-corrected chi connectivity index (χ2v) is 6.08. The van der Waals surface area contributed by atoms with Crippen LogP contribution in [0, 0.1) is 5.82 Å². The van der Waals surface area contributed by atoms with Gasteiger partial charge in [-0.1, -0.05) is 30.3 Å². The average molecular weight is 323 g/mol. The van der Waals surface area contributed by atoms with Gasteiger partial charge < -0.3 is 9.64 Å². The van der Waals surface area contributed by atoms with Crippen LogP contribution in [-0.2, 0) is 4.74 Å². The van der Waals surface area contributed by atoms with Gasteiger partial charge in [-0.05, 0) is 30.7 Å². The first-order chi connectivity index (χ1) is 11.7. The van der Waals surface area contributed by atoms with E-state index in [2.05, 4.69) is 27.0 Å². The van der Waals surface area contributed by atoms with Crippen LogP contribution >= 0.6 is 0 Å². The third-order valence-electron chi connectivity index (χ3n) is 4.40. The highest BCUT2D eigenvalue weighted by atomic mass is 19.1. The number of hydrogen-bond acceptors (Lipinski definition) is 4. The van der Waals surface area contributed by atoms with Crippen LogP contribution in [0.2, 0.25) is 0 Å². The molecule has 0 aliphatic carbocycles. The second kappa shape index (κ2) is 6.17. The Kier molecular flexibility index (Phi) is 3.86. The van der Waals surface area contributed by atoms with E-state index in [-0.39, 0.29) is 18.0 Å². The van der Waals surface area contributed by atoms with Crippen LogP contribution in [0.4, 0.5) is 10.2 Å². The molecule has 1 aromatic heterocycles. The number of benzene rings is 2. The molecule has 1 saturated heterocycles. The summed E-state index contributed by atoms with van der Waals surface area (Å²) < 4.78 is 19.7. The van der Waals surface area contributed by atoms with Crippen molar-refractivity contribution in [1.29, 1.82) is 0 Å². The molecule has 0 spiro atoms. The first-order valence-corrected chi connectivity index (χ1v) is 8.06. The maximum atomic E-state index is 13.8. The summed E-state index contributed by atoms with van der Waals surface area (Å²) >= 11 is 0. The van der Waals surface area contributed by atoms with Crippen LogP contribution in [-0.4, -0.2) is 29.2 Å². The SMILES string of the molecule is CC1CN(c2ncnc3ccc(F)cc23)C(c2ccccc2)CO1. The van der Waals surface area contributed by atoms with Gasteiger partial charge in [0.15, 0.2) is 0 Å². The van der Waals surface area contributed by atoms with Crippen LogP contribution in [0.5, 0.6) is 0 Å². The standard InChI is InChI=1S/C19H18FN3O/c1-13-10-23(18(11-24-13)14-5-3-2-4-6-14)19-16-9-15(20)7-8-17(16)21-12-22-19/h2-9,12-13,18H,10-11H2,1H3. The lowest BCUT2D eigenvalue weighted by molar-refractivity contribution is 0.0301. The molecule has 1 aliphatic heterocycles. The summed E-state index contributed by atoms with van der Waals surface area (Å²) in [5, 5.41) is 0.729. The summed E-state index contributed by atoms with van der Waals surface area (Å²) in [5.74, 6) is 0.472. The van der Waals surface area contributed by atoms with Gasteiger partial charge in [0.05, 0.1) is 24.3 Å². The molecule has 0 radical (unpaired) electrons. The molecule has 2 aromatic carbocycles. The molecule has 24 heavy (non-hydrogen) atoms. The number of ether oxygens (including phenoxy) is 1. The predicted molar refractivity (Wildman–Crippen MR) is 91.4 cm³/mol. The van der Waals surface area contributed by atoms with Gasteiger partial charge in [-0.3, -0.25) is 0 Å². The molecule has 0 amide bonds. The van der Waals surface area contributed by atoms with Gasteiger partial charge in [0, 0.05) is 11.9 Å². The molecule has 0 saturated carbocycles. The van der Waals surface area contributed by atoms with E-state index in [1.165, 1.54) is 18.5 Å². The molecule has 3 aromatic rings. The van der Waals surface area contributed by atoms with Crippen LogP contribution in [0.15, 0.2) is 54.9 Å². The highest BCUT2D eigenvalue weighted by Crippen LogP contribution is 2.34. The number of anilines is 1. The number of morpholine rings is 1. The fourth-order valence-corrected chi connectivity index (χ4v) is 3.23. The van der Waals surface area contributed by atoms with Crippen molar-refractivity contribution in [2.24, 2.45) is 0 Å². The van der Waals surface area contributed by atoms with Crippen LogP contribution in [0.25, 0.3) is 10.9 Å². The lowest BCUT2D eigenvalue weighted by Crippen LogP contribution is -2.44. The monoisotopic (exact) mass is 323 g/mol. The van der Waals surface area contributed by atoms with E-state index in [9.17, 15) is 4.39 Å². The molecule has 4 rings (SSSR count). The van der Waals surface area contributed by atoms with Crippen molar-refractivity contribution in [3.8, 4) is 0 Å². The van der Waals surface area contributed by atoms with Crippen LogP contribution in [0.1, 0.15) is 18.5 Å². The maximum Gasteiger partial charge on any atom is 0.140 e. The van der Waals surface area contributed by atoms with E-state index in [0.29, 0.717) is 13.2 Å². The van der Waals surface area contributed by atoms with Gasteiger partial charge in [0.25, 0.3) is 0 Å². The number of rotatable bonds is 2. The zero-order chi connectivity index (χ0) is 16.5. The van der Waals surface area contributed by atoms with Crippen LogP contribution < -0.4 is 4.90 Å². The van der Waals surface area contributed by atoms with E-state index < -0.39 is 0 Å². The number of nitrogens with zero attached hydrogens (tertiary/aromatic N) is 3. The lowest BCUT2D eigenvalue weighted by atomic mass is 10.0. The van der Waals surface area contributed by atoms with Crippen molar-refractivity contribution in [2.45, 2.75) is 19.1 Å². The molecule has 4 nitrogen and oxygen atoms in total. The minimum absolute atomic E-state index is 0.0452. The Balaban J connectivity index is 1.84. The van der Waals surface area contributed by atoms with E-state index >= 15 is 0 Å². The van der Waals surface area contributed by atoms with Gasteiger partial charge in [-0.2, -0.15) is 0 Å². The van der Waals surface area contributed by atoms with Gasteiger partial charge >= 0.3 is 0 Å². The third kappa shape index (κ3) is 2.71. The Labute approximate surface area is 139 Å². The summed E-state index contributed by atoms with van der Waals surface area (Å²) in [5.41, 5.74) is 1.90. The Morgan fingerprint density at radius 3 is 2.79 bits per heavy atom. The molecular weight excluding hydrogens is 305 g/mol. The van der Waals surface area contributed by atoms with Crippen molar-refractivity contribution < 1.29 is 9.13 Å². The Hall–Kier alpha value is -2.53. The minimum Gasteiger partial charge on any atom is -0.374 e. The number of hydrogen-bond donors (Lipinski definition) is 0. The largest absolute Gasteiger partial charge is 0.374 e. The number of halogens is 1. The zero-order valence-corrected chi connectivity index (χ0v) is 13.4. The topological polar surface area (TPSA) is 38.2 Å². The van der Waals surface area contributed by atoms with Gasteiger partial charge in [0.2, 0.25) is 0 Å². The van der Waals surface area contributed by atoms with Gasteiger partial charge in [-0.15, -0.1) is 0 Å². The molecule has 0 N–H and O–H groups in total. The van der Waals surface area contributed by atoms with E-state index in [1.807, 2.05) is 25.1 Å². The van der Waals surface area contributed by atoms with E-state index in [1.54, 1.807) is 6.07 Å². The predicted octanol–water partition coefficient (Wildman–Crippen LogP) is 3.74. The smallest absolute Gasteiger partial charge is 0.140 e. The van der Waals surface area contributed by atoms with Crippen molar-refractivity contribution in [3.05, 3.63) is 66.2 Å². The van der Waals surface area contributed by atoms with Crippen LogP contribution in [0.3, 0.4) is 0 Å². The van der Waals surface area contributed by atoms with Crippen molar-refractivity contribution in [1.82, 2.24) is 9.97 Å². The fourth-order valence-electron chi connectivity index (χ4n) is 3.23. The molecule has 122 valence electrons. The first kappa shape index (κ1) is 15.0. The number of fused-ring (bicyclic) bond motifs is 1. The summed E-state index contributed by atoms with van der Waals surface area (Å²) in [6, 6.07) is 14.9. The van der Waals surface area contributed by atoms with Gasteiger partial charge in [0.1, 0.15) is 18.0 Å². The van der Waals surface area contributed by atoms with Crippen molar-refractivity contribution in [2.75, 3.05) is 18.1 Å². The lowest BCUT2D eigenvalue weighted by Gasteiger charge is -2.40. The Bertz CT molecular complexity index is 856. The Morgan fingerprint density at radius 1 is 1.12 bits per heavy atom. The quantitative estimate of drug-likeness (QED) is 0.720. The third-order valence-corrected chi connectivity index (χ3v) is 4.40. The summed E-state index contributed by atoms with van der Waals surface area (Å²) in [4.78, 5) is 10.9. The van der Waals surface area contributed by atoms with E-state index in [4.69, 9.17) is 4.74 Å². The molecule has 2 atom stereocenters. The van der Waals surface area contributed by atoms with Gasteiger partial charge in [-0.25, -0.2) is 14.4 Å². The fraction of sp³-hybridized carbons (Fsp3) is 0.263. The normalized spacial score (nSPS) is 21.2. The molecule has 1 fully saturated rings. The molecule has 1 aliphatic rings. The summed E-state index contributed by atoms with van der Waals surface area (Å²) in [7, 11) is 0. The molecule has 5 heteroatoms. The maximum absolute atomic E-state index is 13.8. The minimum atomic E-state index is -0.281. The number of aromatic nitrogens is 2. The molecular formula is C19H18FN3O. The van der Waals surface area contributed by atoms with Crippen molar-refractivity contribution in [3.63, 3.8) is 0 Å². The average Bonchev–Trinajstić information content (AvgIpc) is 2.62. The molecule has 2 unspecified atom stereocenters. The summed E-state index contributed by atoms with van der Waals surface area (Å²) in [6.45, 7) is 3.31. The second-order valence-electron chi connectivity index (χ2n) is 6.08. The molecule has 2 heterocycles. The highest BCUT2D eigenvalue weighted by Gasteiger charge is 2.30. The Morgan fingerprint density at radius 2 is 1.96 bits per heavy atom.